The van der Waals surface area contributed by atoms with Crippen LogP contribution in [0.5, 0.6) is 0 Å². The summed E-state index contributed by atoms with van der Waals surface area (Å²) in [5.74, 6) is -0.209. The third-order valence-electron chi connectivity index (χ3n) is 1.55. The summed E-state index contributed by atoms with van der Waals surface area (Å²) < 4.78 is 12.4. The number of anilines is 1. The summed E-state index contributed by atoms with van der Waals surface area (Å²) in [7, 11) is 0. The molecule has 1 aromatic rings. The fourth-order valence-corrected chi connectivity index (χ4v) is 0.903. The Morgan fingerprint density at radius 2 is 1.92 bits per heavy atom. The van der Waals surface area contributed by atoms with E-state index < -0.39 is 0 Å². The molecule has 12 heavy (non-hydrogen) atoms. The van der Waals surface area contributed by atoms with Crippen molar-refractivity contribution in [3.8, 4) is 0 Å². The van der Waals surface area contributed by atoms with Crippen molar-refractivity contribution in [2.75, 3.05) is 18.4 Å². The summed E-state index contributed by atoms with van der Waals surface area (Å²) in [6.07, 6.45) is 0.928. The zero-order chi connectivity index (χ0) is 8.81. The summed E-state index contributed by atoms with van der Waals surface area (Å²) in [6, 6.07) is 6.30. The van der Waals surface area contributed by atoms with Crippen LogP contribution in [0.2, 0.25) is 0 Å². The molecule has 0 fully saturated rings. The van der Waals surface area contributed by atoms with E-state index in [2.05, 4.69) is 5.32 Å². The van der Waals surface area contributed by atoms with Gasteiger partial charge in [0.25, 0.3) is 0 Å². The standard InChI is InChI=1S/C9H13FN2/c10-8-2-4-9(5-3-8)12-7-1-6-11/h2-5,12H,1,6-7,11H2. The molecule has 0 atom stereocenters. The highest BCUT2D eigenvalue weighted by Crippen LogP contribution is 2.07. The molecule has 0 saturated heterocycles. The number of hydrogen-bond donors (Lipinski definition) is 2. The molecule has 0 heterocycles. The summed E-state index contributed by atoms with van der Waals surface area (Å²) in [5, 5.41) is 3.13. The molecule has 66 valence electrons. The highest BCUT2D eigenvalue weighted by Gasteiger charge is 1.90. The number of benzene rings is 1. The van der Waals surface area contributed by atoms with Gasteiger partial charge in [0.2, 0.25) is 0 Å². The Morgan fingerprint density at radius 1 is 1.25 bits per heavy atom. The second-order valence-corrected chi connectivity index (χ2v) is 2.58. The molecular weight excluding hydrogens is 155 g/mol. The van der Waals surface area contributed by atoms with E-state index in [1.54, 1.807) is 12.1 Å². The molecule has 3 heteroatoms. The largest absolute Gasteiger partial charge is 0.385 e. The normalized spacial score (nSPS) is 9.83. The molecule has 0 aliphatic rings. The van der Waals surface area contributed by atoms with Crippen molar-refractivity contribution in [2.24, 2.45) is 5.73 Å². The van der Waals surface area contributed by atoms with Crippen LogP contribution >= 0.6 is 0 Å². The first kappa shape index (κ1) is 9.00. The van der Waals surface area contributed by atoms with Gasteiger partial charge in [0.1, 0.15) is 5.82 Å². The quantitative estimate of drug-likeness (QED) is 0.670. The first-order valence-electron chi connectivity index (χ1n) is 4.02. The molecule has 0 aromatic heterocycles. The predicted molar refractivity (Wildman–Crippen MR) is 48.6 cm³/mol. The van der Waals surface area contributed by atoms with Gasteiger partial charge in [-0.15, -0.1) is 0 Å². The first-order valence-corrected chi connectivity index (χ1v) is 4.02. The lowest BCUT2D eigenvalue weighted by Gasteiger charge is -2.03. The molecule has 0 aliphatic heterocycles. The van der Waals surface area contributed by atoms with E-state index in [0.717, 1.165) is 18.7 Å². The molecule has 1 aromatic carbocycles. The van der Waals surface area contributed by atoms with Crippen LogP contribution in [0.3, 0.4) is 0 Å². The number of nitrogens with one attached hydrogen (secondary N) is 1. The lowest BCUT2D eigenvalue weighted by molar-refractivity contribution is 0.628. The van der Waals surface area contributed by atoms with Crippen molar-refractivity contribution in [3.63, 3.8) is 0 Å². The van der Waals surface area contributed by atoms with E-state index in [0.29, 0.717) is 6.54 Å². The van der Waals surface area contributed by atoms with E-state index in [-0.39, 0.29) is 5.82 Å². The number of halogens is 1. The van der Waals surface area contributed by atoms with Crippen LogP contribution in [0.15, 0.2) is 24.3 Å². The van der Waals surface area contributed by atoms with E-state index in [4.69, 9.17) is 5.73 Å². The smallest absolute Gasteiger partial charge is 0.123 e. The maximum atomic E-state index is 12.4. The van der Waals surface area contributed by atoms with Gasteiger partial charge < -0.3 is 11.1 Å². The minimum atomic E-state index is -0.209. The molecule has 2 nitrogen and oxygen atoms in total. The molecule has 3 N–H and O–H groups in total. The average Bonchev–Trinajstić information content (AvgIpc) is 2.09. The Morgan fingerprint density at radius 3 is 2.50 bits per heavy atom. The van der Waals surface area contributed by atoms with Gasteiger partial charge >= 0.3 is 0 Å². The summed E-state index contributed by atoms with van der Waals surface area (Å²) >= 11 is 0. The fraction of sp³-hybridized carbons (Fsp3) is 0.333. The Kier molecular flexibility index (Phi) is 3.54. The molecule has 0 spiro atoms. The Labute approximate surface area is 71.6 Å². The third kappa shape index (κ3) is 2.88. The monoisotopic (exact) mass is 168 g/mol. The maximum absolute atomic E-state index is 12.4. The van der Waals surface area contributed by atoms with Crippen LogP contribution in [0, 0.1) is 5.82 Å². The highest BCUT2D eigenvalue weighted by molar-refractivity contribution is 5.42. The summed E-state index contributed by atoms with van der Waals surface area (Å²) in [6.45, 7) is 1.51. The van der Waals surface area contributed by atoms with Crippen LogP contribution in [-0.4, -0.2) is 13.1 Å². The van der Waals surface area contributed by atoms with E-state index in [1.165, 1.54) is 12.1 Å². The van der Waals surface area contributed by atoms with Gasteiger partial charge in [0.05, 0.1) is 0 Å². The van der Waals surface area contributed by atoms with Gasteiger partial charge in [-0.05, 0) is 37.2 Å². The Balaban J connectivity index is 2.37. The minimum absolute atomic E-state index is 0.209. The lowest BCUT2D eigenvalue weighted by atomic mass is 10.3. The summed E-state index contributed by atoms with van der Waals surface area (Å²) in [5.41, 5.74) is 6.25. The first-order chi connectivity index (χ1) is 5.83. The fourth-order valence-electron chi connectivity index (χ4n) is 0.903. The molecule has 0 unspecified atom stereocenters. The zero-order valence-corrected chi connectivity index (χ0v) is 6.89. The van der Waals surface area contributed by atoms with Crippen LogP contribution in [0.1, 0.15) is 6.42 Å². The number of nitrogens with two attached hydrogens (primary N) is 1. The second kappa shape index (κ2) is 4.72. The third-order valence-corrected chi connectivity index (χ3v) is 1.55. The minimum Gasteiger partial charge on any atom is -0.385 e. The SMILES string of the molecule is NCCCNc1ccc(F)cc1. The van der Waals surface area contributed by atoms with Crippen LogP contribution in [0.25, 0.3) is 0 Å². The molecule has 0 radical (unpaired) electrons. The summed E-state index contributed by atoms with van der Waals surface area (Å²) in [4.78, 5) is 0. The number of rotatable bonds is 4. The molecule has 0 bridgehead atoms. The Bertz CT molecular complexity index is 220. The topological polar surface area (TPSA) is 38.0 Å². The van der Waals surface area contributed by atoms with Crippen molar-refractivity contribution >= 4 is 5.69 Å². The van der Waals surface area contributed by atoms with E-state index >= 15 is 0 Å². The van der Waals surface area contributed by atoms with E-state index in [9.17, 15) is 4.39 Å². The highest BCUT2D eigenvalue weighted by atomic mass is 19.1. The van der Waals surface area contributed by atoms with Gasteiger partial charge in [0, 0.05) is 12.2 Å². The number of hydrogen-bond acceptors (Lipinski definition) is 2. The predicted octanol–water partition coefficient (Wildman–Crippen LogP) is 1.59. The van der Waals surface area contributed by atoms with Gasteiger partial charge in [-0.2, -0.15) is 0 Å². The van der Waals surface area contributed by atoms with Gasteiger partial charge in [-0.25, -0.2) is 4.39 Å². The van der Waals surface area contributed by atoms with Crippen molar-refractivity contribution in [1.82, 2.24) is 0 Å². The van der Waals surface area contributed by atoms with E-state index in [1.807, 2.05) is 0 Å². The second-order valence-electron chi connectivity index (χ2n) is 2.58. The zero-order valence-electron chi connectivity index (χ0n) is 6.89. The molecule has 0 saturated carbocycles. The van der Waals surface area contributed by atoms with Crippen molar-refractivity contribution in [1.29, 1.82) is 0 Å². The molecule has 0 amide bonds. The lowest BCUT2D eigenvalue weighted by Crippen LogP contribution is -2.08. The van der Waals surface area contributed by atoms with Crippen molar-refractivity contribution in [3.05, 3.63) is 30.1 Å². The Hall–Kier alpha value is -1.09. The van der Waals surface area contributed by atoms with Crippen molar-refractivity contribution in [2.45, 2.75) is 6.42 Å². The molecular formula is C9H13FN2. The van der Waals surface area contributed by atoms with Crippen LogP contribution < -0.4 is 11.1 Å². The van der Waals surface area contributed by atoms with Crippen LogP contribution in [0.4, 0.5) is 10.1 Å². The van der Waals surface area contributed by atoms with Gasteiger partial charge in [0.15, 0.2) is 0 Å². The van der Waals surface area contributed by atoms with Crippen LogP contribution in [-0.2, 0) is 0 Å². The maximum Gasteiger partial charge on any atom is 0.123 e. The van der Waals surface area contributed by atoms with Crippen molar-refractivity contribution < 1.29 is 4.39 Å². The molecule has 0 aliphatic carbocycles. The van der Waals surface area contributed by atoms with Gasteiger partial charge in [-0.1, -0.05) is 0 Å². The molecule has 1 rings (SSSR count). The average molecular weight is 168 g/mol. The van der Waals surface area contributed by atoms with Gasteiger partial charge in [-0.3, -0.25) is 0 Å².